The molecule has 0 amide bonds. The van der Waals surface area contributed by atoms with Crippen molar-refractivity contribution in [2.75, 3.05) is 13.6 Å². The SMILES string of the molecule is CC.CCCN(C)S(=O)(=O)c1ccccc1. The molecular formula is C12H21NO2S. The van der Waals surface area contributed by atoms with Crippen molar-refractivity contribution in [3.05, 3.63) is 30.3 Å². The van der Waals surface area contributed by atoms with Gasteiger partial charge in [0.05, 0.1) is 4.90 Å². The summed E-state index contributed by atoms with van der Waals surface area (Å²) >= 11 is 0. The van der Waals surface area contributed by atoms with Gasteiger partial charge in [-0.15, -0.1) is 0 Å². The molecule has 0 atom stereocenters. The van der Waals surface area contributed by atoms with E-state index >= 15 is 0 Å². The third-order valence-electron chi connectivity index (χ3n) is 1.99. The predicted molar refractivity (Wildman–Crippen MR) is 67.9 cm³/mol. The summed E-state index contributed by atoms with van der Waals surface area (Å²) in [7, 11) is -1.66. The van der Waals surface area contributed by atoms with Gasteiger partial charge < -0.3 is 0 Å². The molecule has 0 radical (unpaired) electrons. The zero-order valence-electron chi connectivity index (χ0n) is 10.5. The summed E-state index contributed by atoms with van der Waals surface area (Å²) in [5.41, 5.74) is 0. The molecule has 3 nitrogen and oxygen atoms in total. The fourth-order valence-electron chi connectivity index (χ4n) is 1.21. The average molecular weight is 243 g/mol. The van der Waals surface area contributed by atoms with E-state index in [0.717, 1.165) is 6.42 Å². The molecule has 0 bridgehead atoms. The molecule has 0 saturated heterocycles. The summed E-state index contributed by atoms with van der Waals surface area (Å²) in [4.78, 5) is 0.357. The van der Waals surface area contributed by atoms with Gasteiger partial charge in [0.25, 0.3) is 0 Å². The number of rotatable bonds is 4. The maximum absolute atomic E-state index is 11.8. The first kappa shape index (κ1) is 15.1. The van der Waals surface area contributed by atoms with Gasteiger partial charge in [-0.1, -0.05) is 39.0 Å². The van der Waals surface area contributed by atoms with Crippen LogP contribution in [0.1, 0.15) is 27.2 Å². The fourth-order valence-corrected chi connectivity index (χ4v) is 2.49. The number of hydrogen-bond donors (Lipinski definition) is 0. The van der Waals surface area contributed by atoms with Gasteiger partial charge in [-0.3, -0.25) is 0 Å². The van der Waals surface area contributed by atoms with E-state index in [1.807, 2.05) is 20.8 Å². The minimum atomic E-state index is -3.27. The van der Waals surface area contributed by atoms with Crippen molar-refractivity contribution in [2.24, 2.45) is 0 Å². The molecule has 0 aliphatic heterocycles. The van der Waals surface area contributed by atoms with Crippen LogP contribution in [0.25, 0.3) is 0 Å². The molecule has 0 aliphatic rings. The van der Waals surface area contributed by atoms with Crippen LogP contribution in [0.2, 0.25) is 0 Å². The molecule has 0 aliphatic carbocycles. The molecule has 1 rings (SSSR count). The predicted octanol–water partition coefficient (Wildman–Crippen LogP) is 2.74. The van der Waals surface area contributed by atoms with Crippen LogP contribution in [0.4, 0.5) is 0 Å². The molecule has 16 heavy (non-hydrogen) atoms. The zero-order valence-corrected chi connectivity index (χ0v) is 11.3. The molecule has 0 spiro atoms. The van der Waals surface area contributed by atoms with E-state index in [2.05, 4.69) is 0 Å². The second kappa shape index (κ2) is 7.41. The lowest BCUT2D eigenvalue weighted by Gasteiger charge is -2.15. The van der Waals surface area contributed by atoms with E-state index in [-0.39, 0.29) is 0 Å². The zero-order chi connectivity index (χ0) is 12.6. The average Bonchev–Trinajstić information content (AvgIpc) is 2.33. The van der Waals surface area contributed by atoms with Crippen molar-refractivity contribution in [2.45, 2.75) is 32.1 Å². The summed E-state index contributed by atoms with van der Waals surface area (Å²) in [5.74, 6) is 0. The minimum Gasteiger partial charge on any atom is -0.207 e. The Labute approximate surface area is 99.1 Å². The minimum absolute atomic E-state index is 0.357. The highest BCUT2D eigenvalue weighted by atomic mass is 32.2. The Kier molecular flexibility index (Phi) is 7.01. The monoisotopic (exact) mass is 243 g/mol. The number of nitrogens with zero attached hydrogens (tertiary/aromatic N) is 1. The number of benzene rings is 1. The van der Waals surface area contributed by atoms with Gasteiger partial charge in [0, 0.05) is 13.6 Å². The van der Waals surface area contributed by atoms with Crippen LogP contribution in [-0.4, -0.2) is 26.3 Å². The topological polar surface area (TPSA) is 37.4 Å². The largest absolute Gasteiger partial charge is 0.242 e. The Bertz CT molecular complexity index is 373. The highest BCUT2D eigenvalue weighted by Gasteiger charge is 2.18. The second-order valence-electron chi connectivity index (χ2n) is 3.14. The van der Waals surface area contributed by atoms with Crippen molar-refractivity contribution in [3.63, 3.8) is 0 Å². The van der Waals surface area contributed by atoms with Crippen LogP contribution in [0, 0.1) is 0 Å². The van der Waals surface area contributed by atoms with Crippen molar-refractivity contribution in [1.82, 2.24) is 4.31 Å². The summed E-state index contributed by atoms with van der Waals surface area (Å²) < 4.78 is 25.1. The lowest BCUT2D eigenvalue weighted by Crippen LogP contribution is -2.27. The molecule has 0 aromatic heterocycles. The molecule has 0 saturated carbocycles. The lowest BCUT2D eigenvalue weighted by molar-refractivity contribution is 0.468. The first-order chi connectivity index (χ1) is 7.59. The molecule has 4 heteroatoms. The van der Waals surface area contributed by atoms with Crippen molar-refractivity contribution < 1.29 is 8.42 Å². The quantitative estimate of drug-likeness (QED) is 0.815. The van der Waals surface area contributed by atoms with E-state index in [0.29, 0.717) is 11.4 Å². The Balaban J connectivity index is 0.00000106. The van der Waals surface area contributed by atoms with Crippen molar-refractivity contribution in [1.29, 1.82) is 0 Å². The van der Waals surface area contributed by atoms with Gasteiger partial charge in [-0.25, -0.2) is 12.7 Å². The molecule has 0 N–H and O–H groups in total. The lowest BCUT2D eigenvalue weighted by atomic mass is 10.4. The van der Waals surface area contributed by atoms with E-state index in [4.69, 9.17) is 0 Å². The summed E-state index contributed by atoms with van der Waals surface area (Å²) in [6.45, 7) is 6.51. The number of sulfonamides is 1. The van der Waals surface area contributed by atoms with Crippen molar-refractivity contribution in [3.8, 4) is 0 Å². The molecule has 0 heterocycles. The Hall–Kier alpha value is -0.870. The van der Waals surface area contributed by atoms with Gasteiger partial charge in [0.15, 0.2) is 0 Å². The molecule has 1 aromatic carbocycles. The smallest absolute Gasteiger partial charge is 0.207 e. The van der Waals surface area contributed by atoms with E-state index in [1.165, 1.54) is 4.31 Å². The molecular weight excluding hydrogens is 222 g/mol. The van der Waals surface area contributed by atoms with E-state index in [9.17, 15) is 8.42 Å². The Morgan fingerprint density at radius 3 is 2.06 bits per heavy atom. The maximum atomic E-state index is 11.8. The van der Waals surface area contributed by atoms with Crippen LogP contribution in [-0.2, 0) is 10.0 Å². The normalized spacial score (nSPS) is 10.8. The van der Waals surface area contributed by atoms with Gasteiger partial charge in [-0.2, -0.15) is 0 Å². The second-order valence-corrected chi connectivity index (χ2v) is 5.18. The van der Waals surface area contributed by atoms with E-state index in [1.54, 1.807) is 37.4 Å². The van der Waals surface area contributed by atoms with Crippen molar-refractivity contribution >= 4 is 10.0 Å². The Morgan fingerprint density at radius 1 is 1.12 bits per heavy atom. The van der Waals surface area contributed by atoms with Gasteiger partial charge in [0.2, 0.25) is 10.0 Å². The van der Waals surface area contributed by atoms with Gasteiger partial charge in [-0.05, 0) is 18.6 Å². The van der Waals surface area contributed by atoms with Crippen LogP contribution >= 0.6 is 0 Å². The van der Waals surface area contributed by atoms with Crippen LogP contribution in [0.15, 0.2) is 35.2 Å². The molecule has 0 fully saturated rings. The summed E-state index contributed by atoms with van der Waals surface area (Å²) in [5, 5.41) is 0. The third kappa shape index (κ3) is 3.94. The molecule has 1 aromatic rings. The number of hydrogen-bond acceptors (Lipinski definition) is 2. The van der Waals surface area contributed by atoms with Crippen LogP contribution in [0.3, 0.4) is 0 Å². The highest BCUT2D eigenvalue weighted by Crippen LogP contribution is 2.13. The summed E-state index contributed by atoms with van der Waals surface area (Å²) in [6.07, 6.45) is 0.822. The Morgan fingerprint density at radius 2 is 1.62 bits per heavy atom. The summed E-state index contributed by atoms with van der Waals surface area (Å²) in [6, 6.07) is 8.49. The molecule has 0 unspecified atom stereocenters. The van der Waals surface area contributed by atoms with E-state index < -0.39 is 10.0 Å². The van der Waals surface area contributed by atoms with Gasteiger partial charge in [0.1, 0.15) is 0 Å². The first-order valence-electron chi connectivity index (χ1n) is 5.60. The highest BCUT2D eigenvalue weighted by molar-refractivity contribution is 7.89. The first-order valence-corrected chi connectivity index (χ1v) is 7.04. The molecule has 92 valence electrons. The van der Waals surface area contributed by atoms with Crippen LogP contribution < -0.4 is 0 Å². The van der Waals surface area contributed by atoms with Crippen LogP contribution in [0.5, 0.6) is 0 Å². The third-order valence-corrected chi connectivity index (χ3v) is 3.86. The maximum Gasteiger partial charge on any atom is 0.242 e. The fraction of sp³-hybridized carbons (Fsp3) is 0.500. The standard InChI is InChI=1S/C10H15NO2S.C2H6/c1-3-9-11(2)14(12,13)10-7-5-4-6-8-10;1-2/h4-8H,3,9H2,1-2H3;1-2H3. The van der Waals surface area contributed by atoms with Gasteiger partial charge >= 0.3 is 0 Å².